The molecule has 0 bridgehead atoms. The number of aromatic carboxylic acids is 1. The molecule has 2 rings (SSSR count). The van der Waals surface area contributed by atoms with Gasteiger partial charge in [0.2, 0.25) is 0 Å². The van der Waals surface area contributed by atoms with Crippen molar-refractivity contribution >= 4 is 23.3 Å². The van der Waals surface area contributed by atoms with Crippen LogP contribution in [0, 0.1) is 6.92 Å². The van der Waals surface area contributed by atoms with Gasteiger partial charge in [0.25, 0.3) is 0 Å². The minimum absolute atomic E-state index is 0.123. The Labute approximate surface area is 121 Å². The summed E-state index contributed by atoms with van der Waals surface area (Å²) in [5, 5.41) is 12.4. The molecule has 7 heteroatoms. The van der Waals surface area contributed by atoms with E-state index in [2.05, 4.69) is 10.3 Å². The van der Waals surface area contributed by atoms with Gasteiger partial charge in [-0.25, -0.2) is 14.6 Å². The summed E-state index contributed by atoms with van der Waals surface area (Å²) in [6.07, 6.45) is 4.47. The van der Waals surface area contributed by atoms with Crippen molar-refractivity contribution in [1.82, 2.24) is 15.2 Å². The summed E-state index contributed by atoms with van der Waals surface area (Å²) in [4.78, 5) is 29.1. The second-order valence-corrected chi connectivity index (χ2v) is 6.12. The number of carbonyl (C=O) groups excluding carboxylic acids is 1. The SMILES string of the molecule is Cc1nc(CNC(=O)N(C)C2CCCC2)sc1C(=O)O. The third kappa shape index (κ3) is 3.27. The zero-order valence-electron chi connectivity index (χ0n) is 11.7. The zero-order chi connectivity index (χ0) is 14.7. The van der Waals surface area contributed by atoms with Gasteiger partial charge in [-0.15, -0.1) is 11.3 Å². The van der Waals surface area contributed by atoms with Crippen molar-refractivity contribution in [2.24, 2.45) is 0 Å². The first-order valence-electron chi connectivity index (χ1n) is 6.69. The maximum atomic E-state index is 12.0. The predicted molar refractivity (Wildman–Crippen MR) is 76.1 cm³/mol. The zero-order valence-corrected chi connectivity index (χ0v) is 12.5. The third-order valence-corrected chi connectivity index (χ3v) is 4.76. The number of carboxylic acid groups (broad SMARTS) is 1. The van der Waals surface area contributed by atoms with Gasteiger partial charge < -0.3 is 15.3 Å². The number of aryl methyl sites for hydroxylation is 1. The number of nitrogens with zero attached hydrogens (tertiary/aromatic N) is 2. The normalized spacial score (nSPS) is 15.3. The maximum Gasteiger partial charge on any atom is 0.347 e. The molecule has 0 aliphatic heterocycles. The van der Waals surface area contributed by atoms with Crippen LogP contribution in [0.2, 0.25) is 0 Å². The molecular weight excluding hydrogens is 278 g/mol. The fraction of sp³-hybridized carbons (Fsp3) is 0.615. The Hall–Kier alpha value is -1.63. The van der Waals surface area contributed by atoms with Crippen molar-refractivity contribution in [2.75, 3.05) is 7.05 Å². The van der Waals surface area contributed by atoms with Crippen molar-refractivity contribution in [3.05, 3.63) is 15.6 Å². The van der Waals surface area contributed by atoms with Crippen LogP contribution in [0.5, 0.6) is 0 Å². The molecule has 0 unspecified atom stereocenters. The molecule has 1 fully saturated rings. The lowest BCUT2D eigenvalue weighted by Gasteiger charge is -2.24. The second kappa shape index (κ2) is 6.21. The smallest absolute Gasteiger partial charge is 0.347 e. The average molecular weight is 297 g/mol. The molecule has 0 atom stereocenters. The van der Waals surface area contributed by atoms with E-state index in [-0.39, 0.29) is 17.5 Å². The Balaban J connectivity index is 1.89. The van der Waals surface area contributed by atoms with Gasteiger partial charge in [0, 0.05) is 13.1 Å². The Morgan fingerprint density at radius 2 is 2.10 bits per heavy atom. The van der Waals surface area contributed by atoms with E-state index in [9.17, 15) is 9.59 Å². The second-order valence-electron chi connectivity index (χ2n) is 5.04. The molecule has 1 aromatic rings. The molecule has 1 saturated carbocycles. The number of amides is 2. The molecule has 6 nitrogen and oxygen atoms in total. The van der Waals surface area contributed by atoms with Crippen LogP contribution in [-0.4, -0.2) is 40.1 Å². The molecule has 0 aromatic carbocycles. The van der Waals surface area contributed by atoms with Crippen LogP contribution in [-0.2, 0) is 6.54 Å². The van der Waals surface area contributed by atoms with E-state index in [1.807, 2.05) is 0 Å². The van der Waals surface area contributed by atoms with E-state index < -0.39 is 5.97 Å². The van der Waals surface area contributed by atoms with Gasteiger partial charge in [-0.05, 0) is 19.8 Å². The first kappa shape index (κ1) is 14.8. The summed E-state index contributed by atoms with van der Waals surface area (Å²) < 4.78 is 0. The number of aromatic nitrogens is 1. The number of urea groups is 1. The van der Waals surface area contributed by atoms with E-state index in [0.29, 0.717) is 16.7 Å². The van der Waals surface area contributed by atoms with Crippen molar-refractivity contribution in [1.29, 1.82) is 0 Å². The number of carbonyl (C=O) groups is 2. The van der Waals surface area contributed by atoms with Crippen LogP contribution in [0.15, 0.2) is 0 Å². The van der Waals surface area contributed by atoms with Crippen molar-refractivity contribution in [2.45, 2.75) is 45.2 Å². The van der Waals surface area contributed by atoms with Crippen LogP contribution in [0.1, 0.15) is 46.1 Å². The summed E-state index contributed by atoms with van der Waals surface area (Å²) in [5.41, 5.74) is 0.496. The molecule has 2 N–H and O–H groups in total. The predicted octanol–water partition coefficient (Wildman–Crippen LogP) is 2.23. The number of thiazole rings is 1. The summed E-state index contributed by atoms with van der Waals surface area (Å²) in [6.45, 7) is 1.94. The van der Waals surface area contributed by atoms with Crippen LogP contribution in [0.4, 0.5) is 4.79 Å². The molecular formula is C13H19N3O3S. The molecule has 0 radical (unpaired) electrons. The van der Waals surface area contributed by atoms with Gasteiger partial charge in [0.1, 0.15) is 9.88 Å². The monoisotopic (exact) mass is 297 g/mol. The van der Waals surface area contributed by atoms with Gasteiger partial charge >= 0.3 is 12.0 Å². The lowest BCUT2D eigenvalue weighted by molar-refractivity contribution is 0.0701. The number of hydrogen-bond donors (Lipinski definition) is 2. The third-order valence-electron chi connectivity index (χ3n) is 3.62. The molecule has 1 aliphatic carbocycles. The van der Waals surface area contributed by atoms with Gasteiger partial charge in [-0.2, -0.15) is 0 Å². The summed E-state index contributed by atoms with van der Waals surface area (Å²) >= 11 is 1.11. The number of nitrogens with one attached hydrogen (secondary N) is 1. The molecule has 20 heavy (non-hydrogen) atoms. The van der Waals surface area contributed by atoms with Crippen LogP contribution in [0.3, 0.4) is 0 Å². The van der Waals surface area contributed by atoms with Crippen molar-refractivity contribution in [3.63, 3.8) is 0 Å². The Kier molecular flexibility index (Phi) is 4.59. The molecule has 1 aliphatic rings. The van der Waals surface area contributed by atoms with E-state index in [1.54, 1.807) is 18.9 Å². The maximum absolute atomic E-state index is 12.0. The number of rotatable bonds is 4. The Morgan fingerprint density at radius 3 is 2.65 bits per heavy atom. The van der Waals surface area contributed by atoms with Crippen LogP contribution >= 0.6 is 11.3 Å². The number of hydrogen-bond acceptors (Lipinski definition) is 4. The van der Waals surface area contributed by atoms with Crippen molar-refractivity contribution in [3.8, 4) is 0 Å². The van der Waals surface area contributed by atoms with E-state index >= 15 is 0 Å². The molecule has 1 heterocycles. The van der Waals surface area contributed by atoms with E-state index in [1.165, 1.54) is 12.8 Å². The molecule has 110 valence electrons. The summed E-state index contributed by atoms with van der Waals surface area (Å²) in [6, 6.07) is 0.198. The first-order valence-corrected chi connectivity index (χ1v) is 7.51. The number of carboxylic acids is 1. The highest BCUT2D eigenvalue weighted by atomic mass is 32.1. The summed E-state index contributed by atoms with van der Waals surface area (Å²) in [7, 11) is 1.81. The highest BCUT2D eigenvalue weighted by Gasteiger charge is 2.23. The van der Waals surface area contributed by atoms with Gasteiger partial charge in [-0.3, -0.25) is 0 Å². The van der Waals surface area contributed by atoms with Crippen LogP contribution < -0.4 is 5.32 Å². The average Bonchev–Trinajstić information content (AvgIpc) is 3.04. The highest BCUT2D eigenvalue weighted by Crippen LogP contribution is 2.22. The quantitative estimate of drug-likeness (QED) is 0.893. The highest BCUT2D eigenvalue weighted by molar-refractivity contribution is 7.13. The molecule has 0 spiro atoms. The fourth-order valence-corrected chi connectivity index (χ4v) is 3.30. The van der Waals surface area contributed by atoms with Crippen LogP contribution in [0.25, 0.3) is 0 Å². The van der Waals surface area contributed by atoms with Gasteiger partial charge in [0.15, 0.2) is 0 Å². The molecule has 0 saturated heterocycles. The Bertz CT molecular complexity index is 509. The lowest BCUT2D eigenvalue weighted by Crippen LogP contribution is -2.42. The first-order chi connectivity index (χ1) is 9.49. The summed E-state index contributed by atoms with van der Waals surface area (Å²) in [5.74, 6) is -0.972. The fourth-order valence-electron chi connectivity index (χ4n) is 2.46. The minimum atomic E-state index is -0.972. The molecule has 1 aromatic heterocycles. The molecule has 2 amide bonds. The minimum Gasteiger partial charge on any atom is -0.477 e. The largest absolute Gasteiger partial charge is 0.477 e. The Morgan fingerprint density at radius 1 is 1.45 bits per heavy atom. The van der Waals surface area contributed by atoms with Crippen molar-refractivity contribution < 1.29 is 14.7 Å². The van der Waals surface area contributed by atoms with E-state index in [4.69, 9.17) is 5.11 Å². The topological polar surface area (TPSA) is 82.5 Å². The standard InChI is InChI=1S/C13H19N3O3S/c1-8-11(12(17)18)20-10(15-8)7-14-13(19)16(2)9-5-3-4-6-9/h9H,3-7H2,1-2H3,(H,14,19)(H,17,18). The van der Waals surface area contributed by atoms with Gasteiger partial charge in [-0.1, -0.05) is 12.8 Å². The van der Waals surface area contributed by atoms with Gasteiger partial charge in [0.05, 0.1) is 12.2 Å². The van der Waals surface area contributed by atoms with E-state index in [0.717, 1.165) is 24.2 Å². The lowest BCUT2D eigenvalue weighted by atomic mass is 10.2.